The predicted octanol–water partition coefficient (Wildman–Crippen LogP) is 2.52. The molecule has 1 aromatic heterocycles. The minimum atomic E-state index is -0.184. The molecule has 0 saturated carbocycles. The van der Waals surface area contributed by atoms with Gasteiger partial charge in [-0.1, -0.05) is 55.5 Å². The van der Waals surface area contributed by atoms with E-state index in [0.717, 1.165) is 16.9 Å². The van der Waals surface area contributed by atoms with Gasteiger partial charge in [-0.3, -0.25) is 9.59 Å². The average Bonchev–Trinajstić information content (AvgIpc) is 3.16. The molecule has 3 rings (SSSR count). The van der Waals surface area contributed by atoms with Gasteiger partial charge in [-0.25, -0.2) is 4.68 Å². The van der Waals surface area contributed by atoms with E-state index in [1.807, 2.05) is 67.6 Å². The van der Waals surface area contributed by atoms with Crippen LogP contribution < -0.4 is 10.6 Å². The zero-order valence-corrected chi connectivity index (χ0v) is 15.9. The van der Waals surface area contributed by atoms with Crippen molar-refractivity contribution in [2.24, 2.45) is 0 Å². The lowest BCUT2D eigenvalue weighted by Crippen LogP contribution is -2.35. The highest BCUT2D eigenvalue weighted by Crippen LogP contribution is 2.15. The first-order valence-corrected chi connectivity index (χ1v) is 9.40. The van der Waals surface area contributed by atoms with Crippen molar-refractivity contribution in [3.63, 3.8) is 0 Å². The third-order valence-corrected chi connectivity index (χ3v) is 4.39. The van der Waals surface area contributed by atoms with E-state index in [9.17, 15) is 9.59 Å². The number of amides is 2. The Balaban J connectivity index is 1.51. The molecule has 6 nitrogen and oxygen atoms in total. The van der Waals surface area contributed by atoms with E-state index in [1.54, 1.807) is 10.9 Å². The summed E-state index contributed by atoms with van der Waals surface area (Å²) >= 11 is 0. The van der Waals surface area contributed by atoms with Gasteiger partial charge in [0.15, 0.2) is 0 Å². The summed E-state index contributed by atoms with van der Waals surface area (Å²) in [5.74, 6) is -0.247. The lowest BCUT2D eigenvalue weighted by atomic mass is 10.1. The minimum absolute atomic E-state index is 0.0633. The van der Waals surface area contributed by atoms with E-state index in [1.165, 1.54) is 0 Å². The summed E-state index contributed by atoms with van der Waals surface area (Å²) in [5, 5.41) is 10.0. The highest BCUT2D eigenvalue weighted by atomic mass is 16.2. The van der Waals surface area contributed by atoms with Crippen LogP contribution in [0.25, 0.3) is 5.69 Å². The Bertz CT molecular complexity index is 920. The molecule has 0 radical (unpaired) electrons. The molecule has 1 heterocycles. The molecule has 2 N–H and O–H groups in total. The van der Waals surface area contributed by atoms with Crippen molar-refractivity contribution in [3.8, 4) is 5.69 Å². The maximum atomic E-state index is 12.5. The molecule has 0 saturated heterocycles. The fourth-order valence-corrected chi connectivity index (χ4v) is 3.01. The zero-order chi connectivity index (χ0) is 19.8. The topological polar surface area (TPSA) is 76.0 Å². The van der Waals surface area contributed by atoms with Crippen molar-refractivity contribution in [1.29, 1.82) is 0 Å². The van der Waals surface area contributed by atoms with Crippen molar-refractivity contribution < 1.29 is 9.59 Å². The van der Waals surface area contributed by atoms with Gasteiger partial charge in [-0.2, -0.15) is 5.10 Å². The molecule has 6 heteroatoms. The van der Waals surface area contributed by atoms with Crippen LogP contribution in [-0.4, -0.2) is 34.7 Å². The molecule has 0 aliphatic rings. The molecule has 144 valence electrons. The normalized spacial score (nSPS) is 10.5. The Morgan fingerprint density at radius 3 is 2.25 bits per heavy atom. The standard InChI is InChI=1S/C22H24N4O2/c1-2-20-19(16-25-26(20)18-11-7-4-8-12-18)22(28)24-14-13-23-21(27)15-17-9-5-3-6-10-17/h3-12,16H,2,13-15H2,1H3,(H,23,27)(H,24,28). The molecule has 0 bridgehead atoms. The zero-order valence-electron chi connectivity index (χ0n) is 15.9. The first-order chi connectivity index (χ1) is 13.7. The van der Waals surface area contributed by atoms with E-state index in [4.69, 9.17) is 0 Å². The number of nitrogens with one attached hydrogen (secondary N) is 2. The van der Waals surface area contributed by atoms with Gasteiger partial charge in [-0.05, 0) is 24.1 Å². The molecule has 0 unspecified atom stereocenters. The first kappa shape index (κ1) is 19.4. The Hall–Kier alpha value is -3.41. The molecule has 0 aliphatic heterocycles. The Kier molecular flexibility index (Phi) is 6.57. The first-order valence-electron chi connectivity index (χ1n) is 9.40. The highest BCUT2D eigenvalue weighted by molar-refractivity contribution is 5.95. The van der Waals surface area contributed by atoms with Crippen molar-refractivity contribution in [2.75, 3.05) is 13.1 Å². The van der Waals surface area contributed by atoms with Crippen LogP contribution in [0.1, 0.15) is 28.5 Å². The molecule has 0 fully saturated rings. The van der Waals surface area contributed by atoms with Crippen molar-refractivity contribution >= 4 is 11.8 Å². The molecule has 3 aromatic rings. The van der Waals surface area contributed by atoms with Gasteiger partial charge < -0.3 is 10.6 Å². The second-order valence-electron chi connectivity index (χ2n) is 6.37. The van der Waals surface area contributed by atoms with E-state index >= 15 is 0 Å². The van der Waals surface area contributed by atoms with E-state index in [0.29, 0.717) is 31.5 Å². The molecule has 0 aliphatic carbocycles. The SMILES string of the molecule is CCc1c(C(=O)NCCNC(=O)Cc2ccccc2)cnn1-c1ccccc1. The lowest BCUT2D eigenvalue weighted by Gasteiger charge is -2.09. The summed E-state index contributed by atoms with van der Waals surface area (Å²) in [4.78, 5) is 24.5. The smallest absolute Gasteiger partial charge is 0.254 e. The van der Waals surface area contributed by atoms with Gasteiger partial charge in [0.25, 0.3) is 5.91 Å². The number of para-hydroxylation sites is 1. The van der Waals surface area contributed by atoms with Crippen LogP contribution in [-0.2, 0) is 17.6 Å². The lowest BCUT2D eigenvalue weighted by molar-refractivity contribution is -0.120. The molecule has 2 amide bonds. The third kappa shape index (κ3) is 4.85. The molecule has 2 aromatic carbocycles. The van der Waals surface area contributed by atoms with Crippen LogP contribution in [0.5, 0.6) is 0 Å². The Morgan fingerprint density at radius 1 is 0.929 bits per heavy atom. The minimum Gasteiger partial charge on any atom is -0.354 e. The molecule has 28 heavy (non-hydrogen) atoms. The number of aromatic nitrogens is 2. The second kappa shape index (κ2) is 9.50. The number of carbonyl (C=O) groups excluding carboxylic acids is 2. The fraction of sp³-hybridized carbons (Fsp3) is 0.227. The summed E-state index contributed by atoms with van der Waals surface area (Å²) in [7, 11) is 0. The number of hydrogen-bond acceptors (Lipinski definition) is 3. The summed E-state index contributed by atoms with van der Waals surface area (Å²) in [6.45, 7) is 2.74. The van der Waals surface area contributed by atoms with Gasteiger partial charge in [0.05, 0.1) is 29.6 Å². The number of carbonyl (C=O) groups is 2. The molecular formula is C22H24N4O2. The second-order valence-corrected chi connectivity index (χ2v) is 6.37. The van der Waals surface area contributed by atoms with Crippen molar-refractivity contribution in [1.82, 2.24) is 20.4 Å². The van der Waals surface area contributed by atoms with Crippen LogP contribution in [0.2, 0.25) is 0 Å². The number of nitrogens with zero attached hydrogens (tertiary/aromatic N) is 2. The maximum Gasteiger partial charge on any atom is 0.254 e. The quantitative estimate of drug-likeness (QED) is 0.593. The molecule has 0 atom stereocenters. The largest absolute Gasteiger partial charge is 0.354 e. The van der Waals surface area contributed by atoms with Crippen molar-refractivity contribution in [3.05, 3.63) is 83.7 Å². The van der Waals surface area contributed by atoms with Crippen LogP contribution in [0.15, 0.2) is 66.9 Å². The Labute approximate surface area is 164 Å². The Morgan fingerprint density at radius 2 is 1.57 bits per heavy atom. The van der Waals surface area contributed by atoms with Crippen LogP contribution >= 0.6 is 0 Å². The average molecular weight is 376 g/mol. The molecule has 0 spiro atoms. The van der Waals surface area contributed by atoms with Crippen molar-refractivity contribution in [2.45, 2.75) is 19.8 Å². The monoisotopic (exact) mass is 376 g/mol. The van der Waals surface area contributed by atoms with Gasteiger partial charge >= 0.3 is 0 Å². The van der Waals surface area contributed by atoms with Crippen LogP contribution in [0, 0.1) is 0 Å². The van der Waals surface area contributed by atoms with Gasteiger partial charge in [-0.15, -0.1) is 0 Å². The van der Waals surface area contributed by atoms with E-state index in [2.05, 4.69) is 15.7 Å². The summed E-state index contributed by atoms with van der Waals surface area (Å²) in [6, 6.07) is 19.3. The van der Waals surface area contributed by atoms with E-state index in [-0.39, 0.29) is 11.8 Å². The van der Waals surface area contributed by atoms with Gasteiger partial charge in [0.1, 0.15) is 0 Å². The number of rotatable bonds is 8. The summed E-state index contributed by atoms with van der Waals surface area (Å²) in [5.41, 5.74) is 3.30. The predicted molar refractivity (Wildman–Crippen MR) is 108 cm³/mol. The third-order valence-electron chi connectivity index (χ3n) is 4.39. The highest BCUT2D eigenvalue weighted by Gasteiger charge is 2.16. The van der Waals surface area contributed by atoms with Gasteiger partial charge in [0.2, 0.25) is 5.91 Å². The summed E-state index contributed by atoms with van der Waals surface area (Å²) < 4.78 is 1.79. The fourth-order valence-electron chi connectivity index (χ4n) is 3.01. The molecular weight excluding hydrogens is 352 g/mol. The number of benzene rings is 2. The summed E-state index contributed by atoms with van der Waals surface area (Å²) in [6.07, 6.45) is 2.61. The number of hydrogen-bond donors (Lipinski definition) is 2. The maximum absolute atomic E-state index is 12.5. The van der Waals surface area contributed by atoms with E-state index < -0.39 is 0 Å². The van der Waals surface area contributed by atoms with Crippen LogP contribution in [0.3, 0.4) is 0 Å². The van der Waals surface area contributed by atoms with Crippen LogP contribution in [0.4, 0.5) is 0 Å². The van der Waals surface area contributed by atoms with Gasteiger partial charge in [0, 0.05) is 13.1 Å².